The predicted molar refractivity (Wildman–Crippen MR) is 85.0 cm³/mol. The average molecular weight is 345 g/mol. The molecular weight excluding hydrogens is 336 g/mol. The Morgan fingerprint density at radius 3 is 2.48 bits per heavy atom. The summed E-state index contributed by atoms with van der Waals surface area (Å²) in [5.74, 6) is -0.833. The van der Waals surface area contributed by atoms with Crippen molar-refractivity contribution in [3.63, 3.8) is 0 Å². The maximum Gasteiger partial charge on any atom is 0.188 e. The van der Waals surface area contributed by atoms with Gasteiger partial charge in [0.2, 0.25) is 0 Å². The maximum absolute atomic E-state index is 13.2. The molecule has 0 atom stereocenters. The lowest BCUT2D eigenvalue weighted by atomic mass is 10.1. The zero-order valence-corrected chi connectivity index (χ0v) is 12.8. The van der Waals surface area contributed by atoms with Crippen LogP contribution in [-0.4, -0.2) is 5.78 Å². The van der Waals surface area contributed by atoms with Crippen LogP contribution in [0.2, 0.25) is 15.1 Å². The molecule has 0 radical (unpaired) electrons. The number of allylic oxidation sites excluding steroid dienone is 1. The summed E-state index contributed by atoms with van der Waals surface area (Å²) in [6.45, 7) is 0. The first-order chi connectivity index (χ1) is 9.97. The Morgan fingerprint density at radius 1 is 1.05 bits per heavy atom. The third-order valence-electron chi connectivity index (χ3n) is 2.60. The largest absolute Gasteiger partial charge is 0.361 e. The van der Waals surface area contributed by atoms with Gasteiger partial charge < -0.3 is 5.32 Å². The Kier molecular flexibility index (Phi) is 5.23. The van der Waals surface area contributed by atoms with Crippen molar-refractivity contribution in [2.75, 3.05) is 5.32 Å². The Hall–Kier alpha value is -1.55. The van der Waals surface area contributed by atoms with E-state index >= 15 is 0 Å². The van der Waals surface area contributed by atoms with Gasteiger partial charge in [-0.2, -0.15) is 0 Å². The van der Waals surface area contributed by atoms with Crippen LogP contribution in [0.3, 0.4) is 0 Å². The quantitative estimate of drug-likeness (QED) is 0.578. The molecule has 0 spiro atoms. The second-order valence-corrected chi connectivity index (χ2v) is 5.35. The molecule has 0 saturated heterocycles. The summed E-state index contributed by atoms with van der Waals surface area (Å²) in [6, 6.07) is 8.86. The number of carbonyl (C=O) groups is 1. The molecule has 0 amide bonds. The van der Waals surface area contributed by atoms with Gasteiger partial charge in [-0.05, 0) is 36.4 Å². The van der Waals surface area contributed by atoms with Gasteiger partial charge in [-0.15, -0.1) is 0 Å². The van der Waals surface area contributed by atoms with Crippen molar-refractivity contribution in [1.29, 1.82) is 0 Å². The predicted octanol–water partition coefficient (Wildman–Crippen LogP) is 5.59. The zero-order valence-electron chi connectivity index (χ0n) is 10.5. The summed E-state index contributed by atoms with van der Waals surface area (Å²) in [5.41, 5.74) is 0.810. The molecule has 21 heavy (non-hydrogen) atoms. The van der Waals surface area contributed by atoms with Gasteiger partial charge in [-0.1, -0.05) is 34.8 Å². The highest BCUT2D eigenvalue weighted by Gasteiger charge is 2.07. The van der Waals surface area contributed by atoms with Gasteiger partial charge >= 0.3 is 0 Å². The van der Waals surface area contributed by atoms with Crippen LogP contribution in [0.4, 0.5) is 10.1 Å². The fraction of sp³-hybridized carbons (Fsp3) is 0. The smallest absolute Gasteiger partial charge is 0.188 e. The number of halogens is 4. The molecule has 2 aromatic carbocycles. The first kappa shape index (κ1) is 15.8. The minimum Gasteiger partial charge on any atom is -0.361 e. The number of hydrogen-bond donors (Lipinski definition) is 1. The maximum atomic E-state index is 13.2. The van der Waals surface area contributed by atoms with Gasteiger partial charge in [0.1, 0.15) is 5.82 Å². The minimum absolute atomic E-state index is 0.0357. The monoisotopic (exact) mass is 343 g/mol. The van der Waals surface area contributed by atoms with Crippen molar-refractivity contribution in [3.05, 3.63) is 75.1 Å². The number of rotatable bonds is 4. The Labute approximate surface area is 136 Å². The van der Waals surface area contributed by atoms with Gasteiger partial charge in [0.15, 0.2) is 5.78 Å². The van der Waals surface area contributed by atoms with Crippen LogP contribution in [0.5, 0.6) is 0 Å². The molecule has 0 aromatic heterocycles. The molecule has 0 aliphatic heterocycles. The van der Waals surface area contributed by atoms with Crippen LogP contribution in [0.1, 0.15) is 10.4 Å². The van der Waals surface area contributed by atoms with E-state index in [0.29, 0.717) is 16.3 Å². The van der Waals surface area contributed by atoms with E-state index in [9.17, 15) is 9.18 Å². The number of carbonyl (C=O) groups excluding carboxylic acids is 1. The third-order valence-corrected chi connectivity index (χ3v) is 3.46. The number of ketones is 1. The molecule has 0 fully saturated rings. The van der Waals surface area contributed by atoms with Gasteiger partial charge in [-0.3, -0.25) is 4.79 Å². The van der Waals surface area contributed by atoms with E-state index in [0.717, 1.165) is 0 Å². The van der Waals surface area contributed by atoms with Crippen LogP contribution in [0.25, 0.3) is 0 Å². The second kappa shape index (κ2) is 6.94. The van der Waals surface area contributed by atoms with Crippen LogP contribution < -0.4 is 5.32 Å². The second-order valence-electron chi connectivity index (χ2n) is 4.09. The highest BCUT2D eigenvalue weighted by molar-refractivity contribution is 6.37. The van der Waals surface area contributed by atoms with E-state index in [1.807, 2.05) is 0 Å². The molecule has 0 saturated carbocycles. The lowest BCUT2D eigenvalue weighted by Gasteiger charge is -2.02. The minimum atomic E-state index is -0.540. The summed E-state index contributed by atoms with van der Waals surface area (Å²) in [4.78, 5) is 11.9. The van der Waals surface area contributed by atoms with Crippen molar-refractivity contribution in [1.82, 2.24) is 0 Å². The molecule has 1 N–H and O–H groups in total. The van der Waals surface area contributed by atoms with E-state index in [1.165, 1.54) is 30.5 Å². The molecule has 0 aliphatic rings. The fourth-order valence-corrected chi connectivity index (χ4v) is 2.20. The van der Waals surface area contributed by atoms with E-state index < -0.39 is 5.82 Å². The topological polar surface area (TPSA) is 29.1 Å². The van der Waals surface area contributed by atoms with Gasteiger partial charge in [0.05, 0.1) is 10.0 Å². The SMILES string of the molecule is O=C(C=CNc1ccc(Cl)c(F)c1)c1ccc(Cl)cc1Cl. The fourth-order valence-electron chi connectivity index (χ4n) is 1.58. The first-order valence-electron chi connectivity index (χ1n) is 5.85. The normalized spacial score (nSPS) is 10.9. The molecule has 6 heteroatoms. The van der Waals surface area contributed by atoms with E-state index in [-0.39, 0.29) is 15.8 Å². The van der Waals surface area contributed by atoms with E-state index in [2.05, 4.69) is 5.32 Å². The number of anilines is 1. The van der Waals surface area contributed by atoms with Crippen LogP contribution >= 0.6 is 34.8 Å². The summed E-state index contributed by atoms with van der Waals surface area (Å²) in [6.07, 6.45) is 2.69. The van der Waals surface area contributed by atoms with Crippen LogP contribution in [-0.2, 0) is 0 Å². The molecule has 2 rings (SSSR count). The van der Waals surface area contributed by atoms with E-state index in [1.54, 1.807) is 18.2 Å². The number of nitrogens with one attached hydrogen (secondary N) is 1. The van der Waals surface area contributed by atoms with Crippen molar-refractivity contribution in [3.8, 4) is 0 Å². The van der Waals surface area contributed by atoms with Crippen LogP contribution in [0.15, 0.2) is 48.7 Å². The Morgan fingerprint density at radius 2 is 1.81 bits per heavy atom. The number of benzene rings is 2. The van der Waals surface area contributed by atoms with Crippen molar-refractivity contribution >= 4 is 46.3 Å². The van der Waals surface area contributed by atoms with Crippen molar-refractivity contribution in [2.24, 2.45) is 0 Å². The summed E-state index contributed by atoms with van der Waals surface area (Å²) in [7, 11) is 0. The highest BCUT2D eigenvalue weighted by Crippen LogP contribution is 2.22. The summed E-state index contributed by atoms with van der Waals surface area (Å²) >= 11 is 17.3. The molecule has 0 aliphatic carbocycles. The molecule has 108 valence electrons. The van der Waals surface area contributed by atoms with Crippen LogP contribution in [0, 0.1) is 5.82 Å². The molecular formula is C15H9Cl3FNO. The van der Waals surface area contributed by atoms with Gasteiger partial charge in [0.25, 0.3) is 0 Å². The summed E-state index contributed by atoms with van der Waals surface area (Å²) < 4.78 is 13.2. The Bertz CT molecular complexity index is 716. The van der Waals surface area contributed by atoms with Crippen molar-refractivity contribution < 1.29 is 9.18 Å². The lowest BCUT2D eigenvalue weighted by Crippen LogP contribution is -1.97. The zero-order chi connectivity index (χ0) is 15.4. The van der Waals surface area contributed by atoms with Gasteiger partial charge in [-0.25, -0.2) is 4.39 Å². The molecule has 0 bridgehead atoms. The Balaban J connectivity index is 2.06. The lowest BCUT2D eigenvalue weighted by molar-refractivity contribution is 0.104. The molecule has 2 aromatic rings. The molecule has 0 heterocycles. The number of hydrogen-bond acceptors (Lipinski definition) is 2. The summed E-state index contributed by atoms with van der Waals surface area (Å²) in [5, 5.41) is 3.54. The molecule has 0 unspecified atom stereocenters. The third kappa shape index (κ3) is 4.21. The highest BCUT2D eigenvalue weighted by atomic mass is 35.5. The molecule has 2 nitrogen and oxygen atoms in total. The first-order valence-corrected chi connectivity index (χ1v) is 6.98. The average Bonchev–Trinajstić information content (AvgIpc) is 2.42. The van der Waals surface area contributed by atoms with Crippen molar-refractivity contribution in [2.45, 2.75) is 0 Å². The van der Waals surface area contributed by atoms with E-state index in [4.69, 9.17) is 34.8 Å². The van der Waals surface area contributed by atoms with Gasteiger partial charge in [0, 0.05) is 28.5 Å². The standard InChI is InChI=1S/C15H9Cl3FNO/c16-9-1-3-11(13(18)7-9)15(21)5-6-20-10-2-4-12(17)14(19)8-10/h1-8,20H.